The van der Waals surface area contributed by atoms with E-state index in [1.54, 1.807) is 30.3 Å². The number of carbonyl (C=O) groups is 2. The molecule has 0 saturated carbocycles. The lowest BCUT2D eigenvalue weighted by molar-refractivity contribution is -0.118. The molecule has 1 atom stereocenters. The molecule has 4 heteroatoms. The van der Waals surface area contributed by atoms with Gasteiger partial charge in [-0.05, 0) is 19.1 Å². The summed E-state index contributed by atoms with van der Waals surface area (Å²) < 4.78 is 5.48. The summed E-state index contributed by atoms with van der Waals surface area (Å²) >= 11 is 0. The molecule has 1 unspecified atom stereocenters. The summed E-state index contributed by atoms with van der Waals surface area (Å²) in [6.07, 6.45) is 2.80. The van der Waals surface area contributed by atoms with Gasteiger partial charge in [0.1, 0.15) is 0 Å². The largest absolute Gasteiger partial charge is 0.346 e. The molecule has 2 rings (SSSR count). The quantitative estimate of drug-likeness (QED) is 0.766. The van der Waals surface area contributed by atoms with Crippen molar-refractivity contribution in [3.63, 3.8) is 0 Å². The van der Waals surface area contributed by atoms with Gasteiger partial charge in [0.25, 0.3) is 0 Å². The number of fused-ring (bicyclic) bond motifs is 1. The highest BCUT2D eigenvalue weighted by atomic mass is 16.5. The van der Waals surface area contributed by atoms with Gasteiger partial charge in [0.05, 0.1) is 12.3 Å². The predicted octanol–water partition coefficient (Wildman–Crippen LogP) is 2.15. The van der Waals surface area contributed by atoms with Gasteiger partial charge in [-0.25, -0.2) is 0 Å². The van der Waals surface area contributed by atoms with E-state index < -0.39 is 6.23 Å². The topological polar surface area (TPSA) is 46.6 Å². The van der Waals surface area contributed by atoms with Crippen molar-refractivity contribution in [2.75, 3.05) is 11.5 Å². The van der Waals surface area contributed by atoms with Gasteiger partial charge in [-0.1, -0.05) is 24.3 Å². The van der Waals surface area contributed by atoms with Gasteiger partial charge in [0.15, 0.2) is 0 Å². The zero-order valence-corrected chi connectivity index (χ0v) is 10.4. The van der Waals surface area contributed by atoms with Gasteiger partial charge >= 0.3 is 0 Å². The minimum atomic E-state index is -0.837. The molecule has 4 nitrogen and oxygen atoms in total. The monoisotopic (exact) mass is 245 g/mol. The first-order chi connectivity index (χ1) is 8.66. The van der Waals surface area contributed by atoms with Crippen molar-refractivity contribution >= 4 is 17.4 Å². The Kier molecular flexibility index (Phi) is 3.58. The standard InChI is InChI=1S/C14H15NO3/c1-3-4-9-18-14-13(17)11-7-5-6-8-12(11)15(14)10(2)16/h3-8,14H,9H2,1-2H3/b4-3-. The third kappa shape index (κ3) is 2.07. The van der Waals surface area contributed by atoms with Crippen molar-refractivity contribution < 1.29 is 14.3 Å². The van der Waals surface area contributed by atoms with Gasteiger partial charge in [-0.15, -0.1) is 0 Å². The molecule has 1 aliphatic heterocycles. The van der Waals surface area contributed by atoms with Crippen LogP contribution in [0.4, 0.5) is 5.69 Å². The molecular weight excluding hydrogens is 230 g/mol. The van der Waals surface area contributed by atoms with Crippen LogP contribution in [0.25, 0.3) is 0 Å². The fourth-order valence-corrected chi connectivity index (χ4v) is 2.00. The van der Waals surface area contributed by atoms with Crippen molar-refractivity contribution in [1.29, 1.82) is 0 Å². The van der Waals surface area contributed by atoms with Crippen LogP contribution in [0.3, 0.4) is 0 Å². The number of carbonyl (C=O) groups excluding carboxylic acids is 2. The second-order valence-corrected chi connectivity index (χ2v) is 4.03. The summed E-state index contributed by atoms with van der Waals surface area (Å²) in [7, 11) is 0. The molecule has 1 amide bonds. The minimum Gasteiger partial charge on any atom is -0.346 e. The number of benzene rings is 1. The highest BCUT2D eigenvalue weighted by Crippen LogP contribution is 2.32. The van der Waals surface area contributed by atoms with Crippen molar-refractivity contribution in [2.24, 2.45) is 0 Å². The van der Waals surface area contributed by atoms with Gasteiger partial charge in [-0.2, -0.15) is 0 Å². The Balaban J connectivity index is 2.31. The summed E-state index contributed by atoms with van der Waals surface area (Å²) in [6.45, 7) is 3.61. The predicted molar refractivity (Wildman–Crippen MR) is 68.5 cm³/mol. The van der Waals surface area contributed by atoms with Crippen LogP contribution >= 0.6 is 0 Å². The van der Waals surface area contributed by atoms with Gasteiger partial charge < -0.3 is 4.74 Å². The Hall–Kier alpha value is -1.94. The van der Waals surface area contributed by atoms with Crippen LogP contribution in [0, 0.1) is 0 Å². The molecule has 0 aromatic heterocycles. The summed E-state index contributed by atoms with van der Waals surface area (Å²) in [5.74, 6) is -0.357. The normalized spacial score (nSPS) is 18.4. The first-order valence-electron chi connectivity index (χ1n) is 5.82. The molecule has 0 spiro atoms. The Bertz CT molecular complexity index is 508. The second-order valence-electron chi connectivity index (χ2n) is 4.03. The number of allylic oxidation sites excluding steroid dienone is 1. The van der Waals surface area contributed by atoms with Crippen molar-refractivity contribution in [3.05, 3.63) is 42.0 Å². The number of ketones is 1. The SMILES string of the molecule is C/C=C\COC1C(=O)c2ccccc2N1C(C)=O. The molecule has 0 bridgehead atoms. The molecule has 0 radical (unpaired) electrons. The van der Waals surface area contributed by atoms with Crippen molar-refractivity contribution in [2.45, 2.75) is 20.1 Å². The summed E-state index contributed by atoms with van der Waals surface area (Å²) in [5.41, 5.74) is 1.17. The maximum absolute atomic E-state index is 12.2. The van der Waals surface area contributed by atoms with E-state index in [-0.39, 0.29) is 11.7 Å². The first kappa shape index (κ1) is 12.5. The molecule has 0 aliphatic carbocycles. The fourth-order valence-electron chi connectivity index (χ4n) is 2.00. The molecule has 1 aromatic carbocycles. The van der Waals surface area contributed by atoms with Crippen LogP contribution in [0.5, 0.6) is 0 Å². The Morgan fingerprint density at radius 3 is 2.83 bits per heavy atom. The molecule has 94 valence electrons. The number of hydrogen-bond acceptors (Lipinski definition) is 3. The number of amides is 1. The fraction of sp³-hybridized carbons (Fsp3) is 0.286. The molecule has 18 heavy (non-hydrogen) atoms. The maximum atomic E-state index is 12.2. The van der Waals surface area contributed by atoms with Crippen LogP contribution in [0.15, 0.2) is 36.4 Å². The number of Topliss-reactive ketones (excluding diaryl/α,β-unsaturated/α-hetero) is 1. The summed E-state index contributed by atoms with van der Waals surface area (Å²) in [4.78, 5) is 25.2. The van der Waals surface area contributed by atoms with E-state index in [4.69, 9.17) is 4.74 Å². The number of hydrogen-bond donors (Lipinski definition) is 0. The minimum absolute atomic E-state index is 0.162. The van der Waals surface area contributed by atoms with E-state index in [0.29, 0.717) is 17.9 Å². The van der Waals surface area contributed by atoms with Crippen molar-refractivity contribution in [3.8, 4) is 0 Å². The van der Waals surface area contributed by atoms with Gasteiger partial charge in [0.2, 0.25) is 17.9 Å². The maximum Gasteiger partial charge on any atom is 0.226 e. The Morgan fingerprint density at radius 2 is 2.17 bits per heavy atom. The van der Waals surface area contributed by atoms with Crippen LogP contribution in [0.1, 0.15) is 24.2 Å². The molecule has 0 saturated heterocycles. The molecule has 0 N–H and O–H groups in total. The van der Waals surface area contributed by atoms with Gasteiger partial charge in [-0.3, -0.25) is 14.5 Å². The third-order valence-electron chi connectivity index (χ3n) is 2.81. The smallest absolute Gasteiger partial charge is 0.226 e. The van der Waals surface area contributed by atoms with Crippen LogP contribution in [-0.4, -0.2) is 24.5 Å². The number of nitrogens with zero attached hydrogens (tertiary/aromatic N) is 1. The van der Waals surface area contributed by atoms with Crippen molar-refractivity contribution in [1.82, 2.24) is 0 Å². The number of para-hydroxylation sites is 1. The second kappa shape index (κ2) is 5.14. The highest BCUT2D eigenvalue weighted by Gasteiger charge is 2.39. The van der Waals surface area contributed by atoms with Crippen LogP contribution in [-0.2, 0) is 9.53 Å². The molecule has 0 fully saturated rings. The summed E-state index contributed by atoms with van der Waals surface area (Å²) in [6, 6.07) is 7.06. The lowest BCUT2D eigenvalue weighted by atomic mass is 10.1. The lowest BCUT2D eigenvalue weighted by Crippen LogP contribution is -2.40. The van der Waals surface area contributed by atoms with Crippen LogP contribution in [0.2, 0.25) is 0 Å². The third-order valence-corrected chi connectivity index (χ3v) is 2.81. The molecule has 1 aliphatic rings. The average molecular weight is 245 g/mol. The van der Waals surface area contributed by atoms with E-state index >= 15 is 0 Å². The van der Waals surface area contributed by atoms with E-state index in [1.165, 1.54) is 11.8 Å². The Morgan fingerprint density at radius 1 is 1.44 bits per heavy atom. The van der Waals surface area contributed by atoms with Crippen LogP contribution < -0.4 is 4.90 Å². The average Bonchev–Trinajstić information content (AvgIpc) is 2.64. The van der Waals surface area contributed by atoms with Gasteiger partial charge in [0, 0.05) is 12.5 Å². The zero-order valence-electron chi connectivity index (χ0n) is 10.4. The highest BCUT2D eigenvalue weighted by molar-refractivity contribution is 6.16. The number of ether oxygens (including phenoxy) is 1. The Labute approximate surface area is 106 Å². The molecule has 1 heterocycles. The zero-order chi connectivity index (χ0) is 13.1. The molecule has 1 aromatic rings. The number of rotatable bonds is 3. The lowest BCUT2D eigenvalue weighted by Gasteiger charge is -2.22. The first-order valence-corrected chi connectivity index (χ1v) is 5.82. The van der Waals surface area contributed by atoms with E-state index in [2.05, 4.69) is 0 Å². The van der Waals surface area contributed by atoms with E-state index in [0.717, 1.165) is 0 Å². The summed E-state index contributed by atoms with van der Waals surface area (Å²) in [5, 5.41) is 0. The molecular formula is C14H15NO3. The van der Waals surface area contributed by atoms with E-state index in [1.807, 2.05) is 13.0 Å². The van der Waals surface area contributed by atoms with E-state index in [9.17, 15) is 9.59 Å². The number of anilines is 1.